The minimum Gasteiger partial charge on any atom is -0.478 e. The Morgan fingerprint density at radius 1 is 1.09 bits per heavy atom. The summed E-state index contributed by atoms with van der Waals surface area (Å²) in [5, 5.41) is 8.88. The molecule has 0 radical (unpaired) electrons. The number of carbonyl (C=O) groups is 2. The summed E-state index contributed by atoms with van der Waals surface area (Å²) in [6, 6.07) is 4.92. The molecule has 0 aliphatic heterocycles. The molecule has 7 heteroatoms. The fraction of sp³-hybridized carbons (Fsp3) is 0.467. The monoisotopic (exact) mass is 326 g/mol. The van der Waals surface area contributed by atoms with Gasteiger partial charge in [0.05, 0.1) is 17.6 Å². The Labute approximate surface area is 129 Å². The topological polar surface area (TPSA) is 97.7 Å². The van der Waals surface area contributed by atoms with Crippen molar-refractivity contribution < 1.29 is 27.9 Å². The molecule has 1 aromatic rings. The Hall–Kier alpha value is -1.89. The maximum absolute atomic E-state index is 12.9. The lowest BCUT2D eigenvalue weighted by atomic mass is 9.88. The van der Waals surface area contributed by atoms with E-state index in [1.807, 2.05) is 0 Å². The van der Waals surface area contributed by atoms with E-state index in [1.165, 1.54) is 31.4 Å². The third kappa shape index (κ3) is 2.61. The van der Waals surface area contributed by atoms with Gasteiger partial charge in [0.1, 0.15) is 0 Å². The number of sulfone groups is 1. The number of carboxylic acids is 1. The van der Waals surface area contributed by atoms with Crippen molar-refractivity contribution in [3.05, 3.63) is 29.8 Å². The number of hydrogen-bond acceptors (Lipinski definition) is 5. The maximum Gasteiger partial charge on any atom is 0.335 e. The van der Waals surface area contributed by atoms with Crippen LogP contribution in [0.25, 0.3) is 0 Å². The van der Waals surface area contributed by atoms with Gasteiger partial charge >= 0.3 is 11.9 Å². The third-order valence-corrected chi connectivity index (χ3v) is 6.64. The molecule has 0 bridgehead atoms. The number of hydrogen-bond donors (Lipinski definition) is 1. The molecular weight excluding hydrogens is 308 g/mol. The van der Waals surface area contributed by atoms with Crippen LogP contribution < -0.4 is 0 Å². The van der Waals surface area contributed by atoms with E-state index in [1.54, 1.807) is 0 Å². The first-order valence-electron chi connectivity index (χ1n) is 7.01. The van der Waals surface area contributed by atoms with Crippen LogP contribution >= 0.6 is 0 Å². The van der Waals surface area contributed by atoms with Gasteiger partial charge in [0.25, 0.3) is 0 Å². The number of carboxylic acid groups (broad SMARTS) is 1. The van der Waals surface area contributed by atoms with Gasteiger partial charge in [-0.3, -0.25) is 4.79 Å². The fourth-order valence-electron chi connectivity index (χ4n) is 2.89. The van der Waals surface area contributed by atoms with E-state index in [0.717, 1.165) is 6.42 Å². The lowest BCUT2D eigenvalue weighted by molar-refractivity contribution is -0.144. The second-order valence-electron chi connectivity index (χ2n) is 5.38. The molecular formula is C15H18O6S. The molecule has 0 spiro atoms. The number of esters is 1. The summed E-state index contributed by atoms with van der Waals surface area (Å²) in [7, 11) is -2.76. The summed E-state index contributed by atoms with van der Waals surface area (Å²) in [4.78, 5) is 23.0. The molecule has 0 saturated heterocycles. The van der Waals surface area contributed by atoms with Crippen LogP contribution in [0.5, 0.6) is 0 Å². The standard InChI is InChI=1S/C15H18O6S/c1-21-14(18)15(9-3-2-4-10-15)22(19,20)12-7-5-11(6-8-12)13(16)17/h5-8H,2-4,9-10H2,1H3,(H,16,17). The SMILES string of the molecule is COC(=O)C1(S(=O)(=O)c2ccc(C(=O)O)cc2)CCCCC1. The number of aromatic carboxylic acids is 1. The average molecular weight is 326 g/mol. The molecule has 1 saturated carbocycles. The molecule has 0 unspecified atom stereocenters. The molecule has 1 aliphatic carbocycles. The molecule has 1 aromatic carbocycles. The highest BCUT2D eigenvalue weighted by atomic mass is 32.2. The van der Waals surface area contributed by atoms with Crippen LogP contribution in [0, 0.1) is 0 Å². The number of methoxy groups -OCH3 is 1. The number of rotatable bonds is 4. The van der Waals surface area contributed by atoms with Crippen molar-refractivity contribution >= 4 is 21.8 Å². The number of benzene rings is 1. The summed E-state index contributed by atoms with van der Waals surface area (Å²) >= 11 is 0. The summed E-state index contributed by atoms with van der Waals surface area (Å²) in [5.74, 6) is -1.88. The highest BCUT2D eigenvalue weighted by Crippen LogP contribution is 2.40. The van der Waals surface area contributed by atoms with Crippen molar-refractivity contribution in [1.82, 2.24) is 0 Å². The average Bonchev–Trinajstić information content (AvgIpc) is 2.54. The maximum atomic E-state index is 12.9. The molecule has 0 aromatic heterocycles. The molecule has 1 aliphatic rings. The van der Waals surface area contributed by atoms with E-state index in [-0.39, 0.29) is 23.3 Å². The van der Waals surface area contributed by atoms with Gasteiger partial charge in [-0.25, -0.2) is 13.2 Å². The minimum atomic E-state index is -3.94. The molecule has 120 valence electrons. The Balaban J connectivity index is 2.49. The van der Waals surface area contributed by atoms with Crippen LogP contribution in [0.4, 0.5) is 0 Å². The Morgan fingerprint density at radius 2 is 1.64 bits per heavy atom. The zero-order chi connectivity index (χ0) is 16.4. The van der Waals surface area contributed by atoms with E-state index in [2.05, 4.69) is 0 Å². The molecule has 2 rings (SSSR count). The first kappa shape index (κ1) is 16.5. The molecule has 0 amide bonds. The zero-order valence-corrected chi connectivity index (χ0v) is 13.1. The largest absolute Gasteiger partial charge is 0.478 e. The Bertz CT molecular complexity index is 668. The molecule has 6 nitrogen and oxygen atoms in total. The van der Waals surface area contributed by atoms with E-state index in [0.29, 0.717) is 12.8 Å². The molecule has 1 N–H and O–H groups in total. The highest BCUT2D eigenvalue weighted by molar-refractivity contribution is 7.93. The Morgan fingerprint density at radius 3 is 2.09 bits per heavy atom. The number of carbonyl (C=O) groups excluding carboxylic acids is 1. The van der Waals surface area contributed by atoms with Crippen molar-refractivity contribution in [2.75, 3.05) is 7.11 Å². The normalized spacial score (nSPS) is 17.7. The van der Waals surface area contributed by atoms with Crippen molar-refractivity contribution in [2.24, 2.45) is 0 Å². The lowest BCUT2D eigenvalue weighted by Crippen LogP contribution is -2.48. The van der Waals surface area contributed by atoms with E-state index < -0.39 is 26.5 Å². The predicted octanol–water partition coefficient (Wildman–Crippen LogP) is 2.03. The van der Waals surface area contributed by atoms with Gasteiger partial charge in [0, 0.05) is 0 Å². The summed E-state index contributed by atoms with van der Waals surface area (Å²) in [5.41, 5.74) is -0.00490. The van der Waals surface area contributed by atoms with Crippen LogP contribution in [0.2, 0.25) is 0 Å². The van der Waals surface area contributed by atoms with Crippen LogP contribution in [0.1, 0.15) is 42.5 Å². The number of ether oxygens (including phenoxy) is 1. The fourth-order valence-corrected chi connectivity index (χ4v) is 4.97. The molecule has 22 heavy (non-hydrogen) atoms. The van der Waals surface area contributed by atoms with Gasteiger partial charge in [-0.15, -0.1) is 0 Å². The van der Waals surface area contributed by atoms with Gasteiger partial charge in [0.15, 0.2) is 14.6 Å². The third-order valence-electron chi connectivity index (χ3n) is 4.14. The minimum absolute atomic E-state index is 0.00490. The first-order chi connectivity index (χ1) is 10.3. The van der Waals surface area contributed by atoms with Crippen LogP contribution in [-0.4, -0.2) is 37.3 Å². The van der Waals surface area contributed by atoms with Gasteiger partial charge in [-0.2, -0.15) is 0 Å². The quantitative estimate of drug-likeness (QED) is 0.850. The van der Waals surface area contributed by atoms with Gasteiger partial charge in [-0.05, 0) is 37.1 Å². The second kappa shape index (κ2) is 6.08. The summed E-state index contributed by atoms with van der Waals surface area (Å²) in [6.45, 7) is 0. The van der Waals surface area contributed by atoms with Crippen LogP contribution in [0.3, 0.4) is 0 Å². The highest BCUT2D eigenvalue weighted by Gasteiger charge is 2.52. The van der Waals surface area contributed by atoms with Crippen molar-refractivity contribution in [1.29, 1.82) is 0 Å². The first-order valence-corrected chi connectivity index (χ1v) is 8.50. The van der Waals surface area contributed by atoms with Gasteiger partial charge in [-0.1, -0.05) is 19.3 Å². The predicted molar refractivity (Wildman–Crippen MR) is 78.4 cm³/mol. The van der Waals surface area contributed by atoms with Crippen molar-refractivity contribution in [2.45, 2.75) is 41.7 Å². The molecule has 1 fully saturated rings. The molecule has 0 atom stereocenters. The van der Waals surface area contributed by atoms with Crippen molar-refractivity contribution in [3.63, 3.8) is 0 Å². The molecule has 0 heterocycles. The van der Waals surface area contributed by atoms with Gasteiger partial charge in [0.2, 0.25) is 0 Å². The van der Waals surface area contributed by atoms with E-state index in [9.17, 15) is 18.0 Å². The summed E-state index contributed by atoms with van der Waals surface area (Å²) < 4.78 is 29.1. The smallest absolute Gasteiger partial charge is 0.335 e. The lowest BCUT2D eigenvalue weighted by Gasteiger charge is -2.33. The van der Waals surface area contributed by atoms with E-state index in [4.69, 9.17) is 9.84 Å². The van der Waals surface area contributed by atoms with Gasteiger partial charge < -0.3 is 9.84 Å². The van der Waals surface area contributed by atoms with Crippen LogP contribution in [-0.2, 0) is 19.4 Å². The summed E-state index contributed by atoms with van der Waals surface area (Å²) in [6.07, 6.45) is 2.61. The Kier molecular flexibility index (Phi) is 4.55. The van der Waals surface area contributed by atoms with Crippen molar-refractivity contribution in [3.8, 4) is 0 Å². The van der Waals surface area contributed by atoms with E-state index >= 15 is 0 Å². The second-order valence-corrected chi connectivity index (χ2v) is 7.64. The zero-order valence-electron chi connectivity index (χ0n) is 12.2. The van der Waals surface area contributed by atoms with Crippen LogP contribution in [0.15, 0.2) is 29.2 Å².